The Labute approximate surface area is 128 Å². The van der Waals surface area contributed by atoms with Crippen molar-refractivity contribution in [2.75, 3.05) is 5.32 Å². The van der Waals surface area contributed by atoms with Crippen LogP contribution in [0, 0.1) is 20.2 Å². The van der Waals surface area contributed by atoms with Crippen LogP contribution < -0.4 is 5.32 Å². The molecule has 0 spiro atoms. The van der Waals surface area contributed by atoms with E-state index in [1.807, 2.05) is 24.3 Å². The number of halogens is 1. The van der Waals surface area contributed by atoms with Gasteiger partial charge in [0.05, 0.1) is 15.9 Å². The highest BCUT2D eigenvalue weighted by atomic mass is 79.9. The summed E-state index contributed by atoms with van der Waals surface area (Å²) in [5.74, 6) is 0. The quantitative estimate of drug-likeness (QED) is 0.650. The minimum absolute atomic E-state index is 0.241. The second-order valence-electron chi connectivity index (χ2n) is 4.20. The summed E-state index contributed by atoms with van der Waals surface area (Å²) in [7, 11) is 0. The Hall–Kier alpha value is -2.48. The Morgan fingerprint density at radius 2 is 1.81 bits per heavy atom. The third kappa shape index (κ3) is 3.76. The van der Waals surface area contributed by atoms with Gasteiger partial charge < -0.3 is 5.32 Å². The number of nitro groups is 2. The zero-order chi connectivity index (χ0) is 15.4. The highest BCUT2D eigenvalue weighted by Crippen LogP contribution is 2.29. The lowest BCUT2D eigenvalue weighted by Gasteiger charge is -2.07. The van der Waals surface area contributed by atoms with E-state index in [-0.39, 0.29) is 17.1 Å². The molecular weight excluding hydrogens is 342 g/mol. The van der Waals surface area contributed by atoms with Crippen molar-refractivity contribution in [2.24, 2.45) is 0 Å². The van der Waals surface area contributed by atoms with Gasteiger partial charge in [-0.05, 0) is 23.8 Å². The van der Waals surface area contributed by atoms with Gasteiger partial charge >= 0.3 is 0 Å². The first kappa shape index (κ1) is 14.9. The molecule has 0 heterocycles. The number of nitrogens with one attached hydrogen (secondary N) is 1. The van der Waals surface area contributed by atoms with E-state index in [0.29, 0.717) is 6.54 Å². The summed E-state index contributed by atoms with van der Waals surface area (Å²) in [6.07, 6.45) is 0. The van der Waals surface area contributed by atoms with E-state index in [4.69, 9.17) is 0 Å². The molecule has 0 atom stereocenters. The number of non-ortho nitro benzene ring substituents is 1. The molecule has 2 aromatic rings. The molecule has 8 heteroatoms. The van der Waals surface area contributed by atoms with Gasteiger partial charge in [-0.25, -0.2) is 0 Å². The predicted molar refractivity (Wildman–Crippen MR) is 81.2 cm³/mol. The number of hydrogen-bond acceptors (Lipinski definition) is 5. The maximum atomic E-state index is 11.0. The first-order chi connectivity index (χ1) is 9.97. The molecule has 0 fully saturated rings. The summed E-state index contributed by atoms with van der Waals surface area (Å²) in [6.45, 7) is 0.373. The fraction of sp³-hybridized carbons (Fsp3) is 0.0769. The molecule has 0 radical (unpaired) electrons. The van der Waals surface area contributed by atoms with E-state index in [9.17, 15) is 20.2 Å². The Kier molecular flexibility index (Phi) is 4.49. The van der Waals surface area contributed by atoms with Crippen LogP contribution in [-0.4, -0.2) is 9.85 Å². The SMILES string of the molecule is O=[N+]([O-])c1ccc(NCc2cccc(Br)c2)c([N+](=O)[O-])c1. The van der Waals surface area contributed by atoms with Crippen LogP contribution in [0.25, 0.3) is 0 Å². The van der Waals surface area contributed by atoms with Gasteiger partial charge in [0.1, 0.15) is 5.69 Å². The van der Waals surface area contributed by atoms with Gasteiger partial charge in [-0.1, -0.05) is 28.1 Å². The van der Waals surface area contributed by atoms with Crippen LogP contribution in [0.1, 0.15) is 5.56 Å². The minimum atomic E-state index is -0.662. The summed E-state index contributed by atoms with van der Waals surface area (Å²) in [4.78, 5) is 20.4. The molecule has 21 heavy (non-hydrogen) atoms. The summed E-state index contributed by atoms with van der Waals surface area (Å²) >= 11 is 3.34. The lowest BCUT2D eigenvalue weighted by molar-refractivity contribution is -0.393. The van der Waals surface area contributed by atoms with Crippen molar-refractivity contribution in [3.05, 3.63) is 72.7 Å². The largest absolute Gasteiger partial charge is 0.375 e. The lowest BCUT2D eigenvalue weighted by Crippen LogP contribution is -2.03. The van der Waals surface area contributed by atoms with E-state index < -0.39 is 9.85 Å². The van der Waals surface area contributed by atoms with Crippen LogP contribution in [0.15, 0.2) is 46.9 Å². The van der Waals surface area contributed by atoms with Gasteiger partial charge in [0.15, 0.2) is 0 Å². The minimum Gasteiger partial charge on any atom is -0.375 e. The molecule has 108 valence electrons. The van der Waals surface area contributed by atoms with Crippen molar-refractivity contribution in [1.29, 1.82) is 0 Å². The Morgan fingerprint density at radius 1 is 1.05 bits per heavy atom. The molecule has 2 aromatic carbocycles. The van der Waals surface area contributed by atoms with Crippen molar-refractivity contribution in [3.8, 4) is 0 Å². The molecule has 0 bridgehead atoms. The average molecular weight is 352 g/mol. The Bertz CT molecular complexity index is 706. The first-order valence-corrected chi connectivity index (χ1v) is 6.68. The fourth-order valence-corrected chi connectivity index (χ4v) is 2.22. The van der Waals surface area contributed by atoms with Gasteiger partial charge in [-0.3, -0.25) is 20.2 Å². The maximum Gasteiger partial charge on any atom is 0.299 e. The zero-order valence-corrected chi connectivity index (χ0v) is 12.2. The molecule has 7 nitrogen and oxygen atoms in total. The number of hydrogen-bond donors (Lipinski definition) is 1. The summed E-state index contributed by atoms with van der Waals surface area (Å²) in [5.41, 5.74) is 0.538. The molecule has 0 saturated carbocycles. The van der Waals surface area contributed by atoms with E-state index in [0.717, 1.165) is 16.1 Å². The topological polar surface area (TPSA) is 98.3 Å². The normalized spacial score (nSPS) is 10.1. The molecule has 0 aliphatic heterocycles. The monoisotopic (exact) mass is 351 g/mol. The summed E-state index contributed by atoms with van der Waals surface area (Å²) < 4.78 is 0.903. The van der Waals surface area contributed by atoms with Crippen LogP contribution in [0.4, 0.5) is 17.1 Å². The van der Waals surface area contributed by atoms with E-state index >= 15 is 0 Å². The smallest absolute Gasteiger partial charge is 0.299 e. The average Bonchev–Trinajstić information content (AvgIpc) is 2.44. The summed E-state index contributed by atoms with van der Waals surface area (Å²) in [5, 5.41) is 24.6. The first-order valence-electron chi connectivity index (χ1n) is 5.88. The number of nitrogens with zero attached hydrogens (tertiary/aromatic N) is 2. The highest BCUT2D eigenvalue weighted by Gasteiger charge is 2.19. The predicted octanol–water partition coefficient (Wildman–Crippen LogP) is 3.88. The van der Waals surface area contributed by atoms with Gasteiger partial charge in [-0.2, -0.15) is 0 Å². The van der Waals surface area contributed by atoms with E-state index in [2.05, 4.69) is 21.2 Å². The van der Waals surface area contributed by atoms with E-state index in [1.165, 1.54) is 12.1 Å². The van der Waals surface area contributed by atoms with Crippen molar-refractivity contribution < 1.29 is 9.85 Å². The van der Waals surface area contributed by atoms with Crippen molar-refractivity contribution in [2.45, 2.75) is 6.54 Å². The highest BCUT2D eigenvalue weighted by molar-refractivity contribution is 9.10. The standard InChI is InChI=1S/C13H10BrN3O4/c14-10-3-1-2-9(6-10)8-15-12-5-4-11(16(18)19)7-13(12)17(20)21/h1-7,15H,8H2. The molecule has 0 aliphatic rings. The molecular formula is C13H10BrN3O4. The van der Waals surface area contributed by atoms with Crippen molar-refractivity contribution in [3.63, 3.8) is 0 Å². The molecule has 0 saturated heterocycles. The van der Waals surface area contributed by atoms with Gasteiger partial charge in [0, 0.05) is 17.1 Å². The molecule has 0 amide bonds. The maximum absolute atomic E-state index is 11.0. The number of anilines is 1. The number of nitro benzene ring substituents is 2. The van der Waals surface area contributed by atoms with Crippen LogP contribution in [0.3, 0.4) is 0 Å². The van der Waals surface area contributed by atoms with Gasteiger partial charge in [0.25, 0.3) is 11.4 Å². The molecule has 2 rings (SSSR count). The van der Waals surface area contributed by atoms with Crippen LogP contribution in [0.5, 0.6) is 0 Å². The molecule has 0 unspecified atom stereocenters. The molecule has 0 aromatic heterocycles. The molecule has 0 aliphatic carbocycles. The van der Waals surface area contributed by atoms with Gasteiger partial charge in [-0.15, -0.1) is 0 Å². The van der Waals surface area contributed by atoms with Crippen LogP contribution in [0.2, 0.25) is 0 Å². The lowest BCUT2D eigenvalue weighted by atomic mass is 10.2. The second-order valence-corrected chi connectivity index (χ2v) is 5.11. The Morgan fingerprint density at radius 3 is 2.43 bits per heavy atom. The molecule has 1 N–H and O–H groups in total. The van der Waals surface area contributed by atoms with Crippen LogP contribution >= 0.6 is 15.9 Å². The van der Waals surface area contributed by atoms with Gasteiger partial charge in [0.2, 0.25) is 0 Å². The second kappa shape index (κ2) is 6.31. The summed E-state index contributed by atoms with van der Waals surface area (Å²) in [6, 6.07) is 11.0. The third-order valence-electron chi connectivity index (χ3n) is 2.76. The zero-order valence-electron chi connectivity index (χ0n) is 10.7. The Balaban J connectivity index is 2.23. The van der Waals surface area contributed by atoms with Crippen molar-refractivity contribution >= 4 is 33.0 Å². The van der Waals surface area contributed by atoms with Crippen molar-refractivity contribution in [1.82, 2.24) is 0 Å². The van der Waals surface area contributed by atoms with E-state index in [1.54, 1.807) is 0 Å². The third-order valence-corrected chi connectivity index (χ3v) is 3.25. The number of rotatable bonds is 5. The van der Waals surface area contributed by atoms with Crippen LogP contribution in [-0.2, 0) is 6.54 Å². The number of benzene rings is 2. The fourth-order valence-electron chi connectivity index (χ4n) is 1.78.